The summed E-state index contributed by atoms with van der Waals surface area (Å²) in [5, 5.41) is 14.0. The van der Waals surface area contributed by atoms with E-state index in [9.17, 15) is 5.11 Å². The zero-order chi connectivity index (χ0) is 13.5. The van der Waals surface area contributed by atoms with Gasteiger partial charge in [-0.15, -0.1) is 11.8 Å². The smallest absolute Gasteiger partial charge is 0.133 e. The van der Waals surface area contributed by atoms with Crippen molar-refractivity contribution < 1.29 is 5.11 Å². The van der Waals surface area contributed by atoms with E-state index >= 15 is 0 Å². The van der Waals surface area contributed by atoms with Gasteiger partial charge in [0.05, 0.1) is 6.10 Å². The van der Waals surface area contributed by atoms with Crippen LogP contribution >= 0.6 is 11.8 Å². The molecular weight excluding hydrogens is 246 g/mol. The van der Waals surface area contributed by atoms with Gasteiger partial charge in [-0.05, 0) is 20.3 Å². The van der Waals surface area contributed by atoms with Crippen LogP contribution in [0, 0.1) is 0 Å². The lowest BCUT2D eigenvalue weighted by atomic mass is 10.2. The van der Waals surface area contributed by atoms with Gasteiger partial charge in [-0.2, -0.15) is 0 Å². The minimum Gasteiger partial charge on any atom is -0.392 e. The number of nitrogens with one attached hydrogen (secondary N) is 1. The Morgan fingerprint density at radius 3 is 2.61 bits per heavy atom. The third-order valence-corrected chi connectivity index (χ3v) is 4.07. The zero-order valence-corrected chi connectivity index (χ0v) is 12.4. The predicted octanol–water partition coefficient (Wildman–Crippen LogP) is 2.72. The second-order valence-electron chi connectivity index (χ2n) is 4.35. The van der Waals surface area contributed by atoms with Gasteiger partial charge in [-0.25, -0.2) is 9.97 Å². The Kier molecular flexibility index (Phi) is 6.43. The molecule has 2 unspecified atom stereocenters. The molecule has 2 N–H and O–H groups in total. The topological polar surface area (TPSA) is 58.0 Å². The fourth-order valence-electron chi connectivity index (χ4n) is 1.57. The van der Waals surface area contributed by atoms with Crippen LogP contribution in [-0.4, -0.2) is 33.0 Å². The van der Waals surface area contributed by atoms with Gasteiger partial charge < -0.3 is 10.4 Å². The summed E-state index contributed by atoms with van der Waals surface area (Å²) in [6.45, 7) is 8.88. The van der Waals surface area contributed by atoms with Crippen molar-refractivity contribution in [3.05, 3.63) is 11.9 Å². The molecule has 18 heavy (non-hydrogen) atoms. The Bertz CT molecular complexity index is 371. The summed E-state index contributed by atoms with van der Waals surface area (Å²) < 4.78 is 0. The predicted molar refractivity (Wildman–Crippen MR) is 77.2 cm³/mol. The standard InChI is InChI=1S/C13H23N3OS/c1-5-7-11-12(14-6-2)15-8-16-13(11)18-10(4)9(3)17/h8-10,17H,5-7H2,1-4H3,(H,14,15,16). The van der Waals surface area contributed by atoms with Crippen LogP contribution in [0.25, 0.3) is 0 Å². The number of thioether (sulfide) groups is 1. The van der Waals surface area contributed by atoms with E-state index in [1.807, 2.05) is 13.8 Å². The fraction of sp³-hybridized carbons (Fsp3) is 0.692. The van der Waals surface area contributed by atoms with Crippen molar-refractivity contribution in [3.8, 4) is 0 Å². The van der Waals surface area contributed by atoms with Crippen LogP contribution in [0.1, 0.15) is 39.7 Å². The molecule has 0 bridgehead atoms. The van der Waals surface area contributed by atoms with Crippen molar-refractivity contribution in [1.82, 2.24) is 9.97 Å². The van der Waals surface area contributed by atoms with Crippen LogP contribution in [0.4, 0.5) is 5.82 Å². The van der Waals surface area contributed by atoms with Crippen molar-refractivity contribution in [2.24, 2.45) is 0 Å². The maximum Gasteiger partial charge on any atom is 0.133 e. The van der Waals surface area contributed by atoms with E-state index in [2.05, 4.69) is 29.1 Å². The van der Waals surface area contributed by atoms with Crippen molar-refractivity contribution in [2.75, 3.05) is 11.9 Å². The molecule has 0 aliphatic heterocycles. The van der Waals surface area contributed by atoms with Crippen LogP contribution in [0.5, 0.6) is 0 Å². The van der Waals surface area contributed by atoms with Gasteiger partial charge in [-0.3, -0.25) is 0 Å². The van der Waals surface area contributed by atoms with Crippen molar-refractivity contribution >= 4 is 17.6 Å². The van der Waals surface area contributed by atoms with Crippen molar-refractivity contribution in [3.63, 3.8) is 0 Å². The van der Waals surface area contributed by atoms with Gasteiger partial charge in [0.15, 0.2) is 0 Å². The van der Waals surface area contributed by atoms with Crippen molar-refractivity contribution in [1.29, 1.82) is 0 Å². The number of nitrogens with zero attached hydrogens (tertiary/aromatic N) is 2. The summed E-state index contributed by atoms with van der Waals surface area (Å²) in [7, 11) is 0. The molecule has 0 radical (unpaired) electrons. The second kappa shape index (κ2) is 7.59. The fourth-order valence-corrected chi connectivity index (χ4v) is 2.57. The first-order valence-corrected chi connectivity index (χ1v) is 7.40. The number of hydrogen-bond donors (Lipinski definition) is 2. The molecule has 0 aliphatic rings. The van der Waals surface area contributed by atoms with E-state index in [0.717, 1.165) is 30.2 Å². The van der Waals surface area contributed by atoms with E-state index in [0.29, 0.717) is 0 Å². The maximum atomic E-state index is 9.60. The minimum atomic E-state index is -0.345. The molecule has 1 aromatic rings. The third-order valence-electron chi connectivity index (χ3n) is 2.73. The van der Waals surface area contributed by atoms with Crippen molar-refractivity contribution in [2.45, 2.75) is 56.9 Å². The number of aliphatic hydroxyl groups is 1. The van der Waals surface area contributed by atoms with Crippen LogP contribution in [0.3, 0.4) is 0 Å². The molecule has 0 aromatic carbocycles. The molecule has 0 aliphatic carbocycles. The molecule has 2 atom stereocenters. The summed E-state index contributed by atoms with van der Waals surface area (Å²) in [6, 6.07) is 0. The van der Waals surface area contributed by atoms with Crippen LogP contribution in [0.2, 0.25) is 0 Å². The second-order valence-corrected chi connectivity index (χ2v) is 5.72. The zero-order valence-electron chi connectivity index (χ0n) is 11.6. The number of aromatic nitrogens is 2. The number of aliphatic hydroxyl groups excluding tert-OH is 1. The quantitative estimate of drug-likeness (QED) is 0.589. The average Bonchev–Trinajstić information content (AvgIpc) is 2.33. The number of rotatable bonds is 7. The molecular formula is C13H23N3OS. The van der Waals surface area contributed by atoms with E-state index in [-0.39, 0.29) is 11.4 Å². The Balaban J connectivity index is 2.97. The molecule has 0 fully saturated rings. The summed E-state index contributed by atoms with van der Waals surface area (Å²) in [5.41, 5.74) is 1.17. The first-order valence-electron chi connectivity index (χ1n) is 6.52. The van der Waals surface area contributed by atoms with Crippen LogP contribution < -0.4 is 5.32 Å². The SMILES string of the molecule is CCCc1c(NCC)ncnc1SC(C)C(C)O. The lowest BCUT2D eigenvalue weighted by molar-refractivity contribution is 0.196. The lowest BCUT2D eigenvalue weighted by Crippen LogP contribution is -2.16. The van der Waals surface area contributed by atoms with E-state index in [4.69, 9.17) is 0 Å². The highest BCUT2D eigenvalue weighted by atomic mass is 32.2. The van der Waals surface area contributed by atoms with Gasteiger partial charge in [0.2, 0.25) is 0 Å². The molecule has 4 nitrogen and oxygen atoms in total. The Labute approximate surface area is 114 Å². The van der Waals surface area contributed by atoms with Gasteiger partial charge >= 0.3 is 0 Å². The Morgan fingerprint density at radius 2 is 2.06 bits per heavy atom. The van der Waals surface area contributed by atoms with Crippen LogP contribution in [0.15, 0.2) is 11.4 Å². The number of anilines is 1. The normalized spacial score (nSPS) is 14.3. The molecule has 0 saturated carbocycles. The first kappa shape index (κ1) is 15.2. The van der Waals surface area contributed by atoms with E-state index < -0.39 is 0 Å². The maximum absolute atomic E-state index is 9.60. The van der Waals surface area contributed by atoms with Gasteiger partial charge in [0, 0.05) is 17.4 Å². The molecule has 1 aromatic heterocycles. The molecule has 0 amide bonds. The Morgan fingerprint density at radius 1 is 1.33 bits per heavy atom. The molecule has 5 heteroatoms. The third kappa shape index (κ3) is 4.14. The first-order chi connectivity index (χ1) is 8.60. The monoisotopic (exact) mass is 269 g/mol. The van der Waals surface area contributed by atoms with Gasteiger partial charge in [-0.1, -0.05) is 20.3 Å². The van der Waals surface area contributed by atoms with Crippen LogP contribution in [-0.2, 0) is 6.42 Å². The van der Waals surface area contributed by atoms with E-state index in [1.165, 1.54) is 5.56 Å². The van der Waals surface area contributed by atoms with Gasteiger partial charge in [0.25, 0.3) is 0 Å². The summed E-state index contributed by atoms with van der Waals surface area (Å²) >= 11 is 1.62. The summed E-state index contributed by atoms with van der Waals surface area (Å²) in [5.74, 6) is 0.926. The highest BCUT2D eigenvalue weighted by Crippen LogP contribution is 2.30. The van der Waals surface area contributed by atoms with Gasteiger partial charge in [0.1, 0.15) is 17.2 Å². The molecule has 1 rings (SSSR count). The summed E-state index contributed by atoms with van der Waals surface area (Å²) in [6.07, 6.45) is 3.26. The molecule has 0 saturated heterocycles. The molecule has 1 heterocycles. The van der Waals surface area contributed by atoms with E-state index in [1.54, 1.807) is 18.1 Å². The Hall–Kier alpha value is -0.810. The number of hydrogen-bond acceptors (Lipinski definition) is 5. The minimum absolute atomic E-state index is 0.130. The summed E-state index contributed by atoms with van der Waals surface area (Å²) in [4.78, 5) is 8.67. The molecule has 0 spiro atoms. The average molecular weight is 269 g/mol. The highest BCUT2D eigenvalue weighted by molar-refractivity contribution is 7.99. The highest BCUT2D eigenvalue weighted by Gasteiger charge is 2.16. The lowest BCUT2D eigenvalue weighted by Gasteiger charge is -2.17. The largest absolute Gasteiger partial charge is 0.392 e. The molecule has 102 valence electrons.